The van der Waals surface area contributed by atoms with Crippen LogP contribution in [0.3, 0.4) is 0 Å². The summed E-state index contributed by atoms with van der Waals surface area (Å²) < 4.78 is 32.5. The van der Waals surface area contributed by atoms with Gasteiger partial charge in [-0.15, -0.1) is 10.2 Å². The first-order chi connectivity index (χ1) is 11.8. The Morgan fingerprint density at radius 1 is 1.08 bits per heavy atom. The fourth-order valence-electron chi connectivity index (χ4n) is 2.01. The topological polar surface area (TPSA) is 85.1 Å². The van der Waals surface area contributed by atoms with Crippen LogP contribution in [0.15, 0.2) is 51.8 Å². The minimum Gasteiger partial charge on any atom is -0.419 e. The minimum absolute atomic E-state index is 0.0699. The third-order valence-corrected chi connectivity index (χ3v) is 5.48. The molecule has 0 atom stereocenters. The predicted octanol–water partition coefficient (Wildman–Crippen LogP) is 3.83. The molecule has 130 valence electrons. The number of aromatic nitrogens is 2. The molecule has 1 aromatic heterocycles. The van der Waals surface area contributed by atoms with Crippen molar-refractivity contribution in [3.05, 3.63) is 64.0 Å². The molecular weight excluding hydrogens is 385 g/mol. The Bertz CT molecular complexity index is 1000. The van der Waals surface area contributed by atoms with E-state index >= 15 is 0 Å². The third-order valence-electron chi connectivity index (χ3n) is 3.43. The van der Waals surface area contributed by atoms with Crippen molar-refractivity contribution in [2.75, 3.05) is 0 Å². The molecule has 2 aromatic carbocycles. The van der Waals surface area contributed by atoms with E-state index in [-0.39, 0.29) is 23.2 Å². The molecule has 0 radical (unpaired) electrons. The number of halogens is 2. The Morgan fingerprint density at radius 3 is 2.48 bits per heavy atom. The number of aryl methyl sites for hydroxylation is 1. The first-order valence-electron chi connectivity index (χ1n) is 7.19. The van der Waals surface area contributed by atoms with E-state index in [0.717, 1.165) is 5.56 Å². The average Bonchev–Trinajstić information content (AvgIpc) is 3.05. The van der Waals surface area contributed by atoms with E-state index in [2.05, 4.69) is 14.9 Å². The van der Waals surface area contributed by atoms with Crippen LogP contribution in [0.5, 0.6) is 0 Å². The quantitative estimate of drug-likeness (QED) is 0.706. The average molecular weight is 398 g/mol. The number of rotatable bonds is 5. The third kappa shape index (κ3) is 4.19. The van der Waals surface area contributed by atoms with E-state index in [9.17, 15) is 8.42 Å². The number of hydrogen-bond donors (Lipinski definition) is 1. The Morgan fingerprint density at radius 2 is 1.80 bits per heavy atom. The maximum absolute atomic E-state index is 12.3. The first kappa shape index (κ1) is 17.9. The van der Waals surface area contributed by atoms with E-state index in [4.69, 9.17) is 27.6 Å². The molecular formula is C16H13Cl2N3O3S. The van der Waals surface area contributed by atoms with Gasteiger partial charge < -0.3 is 4.42 Å². The standard InChI is InChI=1S/C16H13Cl2N3O3S/c1-10-2-7-13(8-14(10)18)25(22,23)19-9-15-20-21-16(24-15)11-3-5-12(17)6-4-11/h2-8,19H,9H2,1H3. The SMILES string of the molecule is Cc1ccc(S(=O)(=O)NCc2nnc(-c3ccc(Cl)cc3)o2)cc1Cl. The van der Waals surface area contributed by atoms with Crippen molar-refractivity contribution < 1.29 is 12.8 Å². The van der Waals surface area contributed by atoms with Gasteiger partial charge in [-0.2, -0.15) is 0 Å². The molecule has 0 unspecified atom stereocenters. The summed E-state index contributed by atoms with van der Waals surface area (Å²) in [6.07, 6.45) is 0. The lowest BCUT2D eigenvalue weighted by atomic mass is 10.2. The summed E-state index contributed by atoms with van der Waals surface area (Å²) in [6.45, 7) is 1.66. The molecule has 25 heavy (non-hydrogen) atoms. The Balaban J connectivity index is 1.73. The van der Waals surface area contributed by atoms with Crippen LogP contribution in [-0.4, -0.2) is 18.6 Å². The predicted molar refractivity (Wildman–Crippen MR) is 95.0 cm³/mol. The smallest absolute Gasteiger partial charge is 0.247 e. The van der Waals surface area contributed by atoms with Crippen molar-refractivity contribution in [3.63, 3.8) is 0 Å². The van der Waals surface area contributed by atoms with Crippen LogP contribution in [0.1, 0.15) is 11.5 Å². The zero-order valence-corrected chi connectivity index (χ0v) is 15.4. The van der Waals surface area contributed by atoms with Crippen LogP contribution >= 0.6 is 23.2 Å². The summed E-state index contributed by atoms with van der Waals surface area (Å²) in [5.41, 5.74) is 1.49. The van der Waals surface area contributed by atoms with E-state index in [1.165, 1.54) is 12.1 Å². The molecule has 0 aliphatic carbocycles. The lowest BCUT2D eigenvalue weighted by molar-refractivity contribution is 0.494. The molecule has 0 saturated heterocycles. The van der Waals surface area contributed by atoms with Crippen LogP contribution in [0.2, 0.25) is 10.0 Å². The van der Waals surface area contributed by atoms with Crippen LogP contribution < -0.4 is 4.72 Å². The van der Waals surface area contributed by atoms with Gasteiger partial charge in [0.15, 0.2) is 0 Å². The van der Waals surface area contributed by atoms with Gasteiger partial charge in [0.1, 0.15) is 0 Å². The van der Waals surface area contributed by atoms with Gasteiger partial charge in [-0.25, -0.2) is 13.1 Å². The number of hydrogen-bond acceptors (Lipinski definition) is 5. The summed E-state index contributed by atoms with van der Waals surface area (Å²) in [5, 5.41) is 8.71. The molecule has 0 aliphatic heterocycles. The zero-order chi connectivity index (χ0) is 18.0. The molecule has 0 spiro atoms. The summed E-state index contributed by atoms with van der Waals surface area (Å²) in [6, 6.07) is 11.4. The van der Waals surface area contributed by atoms with Crippen LogP contribution in [0.25, 0.3) is 11.5 Å². The highest BCUT2D eigenvalue weighted by Crippen LogP contribution is 2.21. The maximum atomic E-state index is 12.3. The summed E-state index contributed by atoms with van der Waals surface area (Å²) in [4.78, 5) is 0.0699. The number of sulfonamides is 1. The van der Waals surface area contributed by atoms with Crippen molar-refractivity contribution >= 4 is 33.2 Å². The van der Waals surface area contributed by atoms with E-state index in [1.54, 1.807) is 37.3 Å². The van der Waals surface area contributed by atoms with Gasteiger partial charge in [-0.3, -0.25) is 0 Å². The molecule has 0 amide bonds. The van der Waals surface area contributed by atoms with E-state index < -0.39 is 10.0 Å². The Kier molecular flexibility index (Phi) is 5.10. The lowest BCUT2D eigenvalue weighted by Crippen LogP contribution is -2.23. The van der Waals surface area contributed by atoms with Gasteiger partial charge in [-0.1, -0.05) is 29.3 Å². The molecule has 0 bridgehead atoms. The Hall–Kier alpha value is -1.93. The van der Waals surface area contributed by atoms with Gasteiger partial charge in [0, 0.05) is 15.6 Å². The second kappa shape index (κ2) is 7.13. The van der Waals surface area contributed by atoms with Crippen LogP contribution in [-0.2, 0) is 16.6 Å². The molecule has 9 heteroatoms. The maximum Gasteiger partial charge on any atom is 0.247 e. The largest absolute Gasteiger partial charge is 0.419 e. The highest BCUT2D eigenvalue weighted by atomic mass is 35.5. The molecule has 0 aliphatic rings. The molecule has 0 saturated carbocycles. The fourth-order valence-corrected chi connectivity index (χ4v) is 3.39. The Labute approximate surface area is 154 Å². The summed E-state index contributed by atoms with van der Waals surface area (Å²) in [5.74, 6) is 0.427. The summed E-state index contributed by atoms with van der Waals surface area (Å²) in [7, 11) is -3.74. The van der Waals surface area contributed by atoms with Crippen molar-refractivity contribution in [2.24, 2.45) is 0 Å². The van der Waals surface area contributed by atoms with Gasteiger partial charge in [0.05, 0.1) is 11.4 Å². The number of benzene rings is 2. The molecule has 1 heterocycles. The van der Waals surface area contributed by atoms with Gasteiger partial charge in [0.25, 0.3) is 0 Å². The first-order valence-corrected chi connectivity index (χ1v) is 9.43. The van der Waals surface area contributed by atoms with Crippen molar-refractivity contribution in [1.82, 2.24) is 14.9 Å². The lowest BCUT2D eigenvalue weighted by Gasteiger charge is -2.06. The number of nitrogens with zero attached hydrogens (tertiary/aromatic N) is 2. The fraction of sp³-hybridized carbons (Fsp3) is 0.125. The molecule has 1 N–H and O–H groups in total. The highest BCUT2D eigenvalue weighted by Gasteiger charge is 2.17. The number of nitrogens with one attached hydrogen (secondary N) is 1. The normalized spacial score (nSPS) is 11.6. The van der Waals surface area contributed by atoms with Crippen molar-refractivity contribution in [2.45, 2.75) is 18.4 Å². The highest BCUT2D eigenvalue weighted by molar-refractivity contribution is 7.89. The molecule has 3 rings (SSSR count). The molecule has 6 nitrogen and oxygen atoms in total. The van der Waals surface area contributed by atoms with E-state index in [1.807, 2.05) is 0 Å². The van der Waals surface area contributed by atoms with E-state index in [0.29, 0.717) is 15.6 Å². The minimum atomic E-state index is -3.74. The van der Waals surface area contributed by atoms with Gasteiger partial charge in [-0.05, 0) is 48.9 Å². The second-order valence-electron chi connectivity index (χ2n) is 5.24. The second-order valence-corrected chi connectivity index (χ2v) is 7.85. The van der Waals surface area contributed by atoms with Crippen molar-refractivity contribution in [3.8, 4) is 11.5 Å². The van der Waals surface area contributed by atoms with Gasteiger partial charge in [0.2, 0.25) is 21.8 Å². The molecule has 0 fully saturated rings. The molecule has 3 aromatic rings. The van der Waals surface area contributed by atoms with Crippen molar-refractivity contribution in [1.29, 1.82) is 0 Å². The monoisotopic (exact) mass is 397 g/mol. The summed E-state index contributed by atoms with van der Waals surface area (Å²) >= 11 is 11.8. The van der Waals surface area contributed by atoms with Gasteiger partial charge >= 0.3 is 0 Å². The van der Waals surface area contributed by atoms with Crippen LogP contribution in [0, 0.1) is 6.92 Å². The zero-order valence-electron chi connectivity index (χ0n) is 13.0. The van der Waals surface area contributed by atoms with Crippen LogP contribution in [0.4, 0.5) is 0 Å².